The Bertz CT molecular complexity index is 747. The van der Waals surface area contributed by atoms with E-state index in [4.69, 9.17) is 9.47 Å². The van der Waals surface area contributed by atoms with Gasteiger partial charge in [0.15, 0.2) is 11.5 Å². The lowest BCUT2D eigenvalue weighted by Gasteiger charge is -2.29. The standard InChI is InChI=1S/C21H25NO4/c1-15(22-12-6-9-18(22)21(23)24)17-10-11-19(20(13-17)25-2)26-14-16-7-4-3-5-8-16/h3-5,7-8,10-11,13,15,18H,6,9,12,14H2,1-2H3,(H,23,24). The monoisotopic (exact) mass is 355 g/mol. The molecule has 0 bridgehead atoms. The number of methoxy groups -OCH3 is 1. The van der Waals surface area contributed by atoms with Gasteiger partial charge in [0, 0.05) is 6.04 Å². The zero-order valence-electron chi connectivity index (χ0n) is 15.2. The molecule has 3 rings (SSSR count). The van der Waals surface area contributed by atoms with Crippen LogP contribution in [0.2, 0.25) is 0 Å². The summed E-state index contributed by atoms with van der Waals surface area (Å²) in [4.78, 5) is 13.5. The molecule has 26 heavy (non-hydrogen) atoms. The molecular formula is C21H25NO4. The first-order chi connectivity index (χ1) is 12.6. The van der Waals surface area contributed by atoms with Gasteiger partial charge in [0.25, 0.3) is 0 Å². The number of carboxylic acids is 1. The van der Waals surface area contributed by atoms with E-state index in [-0.39, 0.29) is 6.04 Å². The third-order valence-electron chi connectivity index (χ3n) is 4.98. The first kappa shape index (κ1) is 18.3. The van der Waals surface area contributed by atoms with Crippen LogP contribution in [0.1, 0.15) is 36.9 Å². The highest BCUT2D eigenvalue weighted by atomic mass is 16.5. The van der Waals surface area contributed by atoms with Crippen LogP contribution in [-0.2, 0) is 11.4 Å². The summed E-state index contributed by atoms with van der Waals surface area (Å²) in [5.41, 5.74) is 2.12. The zero-order chi connectivity index (χ0) is 18.5. The van der Waals surface area contributed by atoms with Gasteiger partial charge >= 0.3 is 5.97 Å². The highest BCUT2D eigenvalue weighted by Crippen LogP contribution is 2.35. The number of ether oxygens (including phenoxy) is 2. The summed E-state index contributed by atoms with van der Waals surface area (Å²) in [6.07, 6.45) is 1.62. The summed E-state index contributed by atoms with van der Waals surface area (Å²) in [6, 6.07) is 15.4. The molecule has 2 unspecified atom stereocenters. The van der Waals surface area contributed by atoms with Gasteiger partial charge in [0.1, 0.15) is 12.6 Å². The summed E-state index contributed by atoms with van der Waals surface area (Å²) >= 11 is 0. The van der Waals surface area contributed by atoms with Gasteiger partial charge in [0.2, 0.25) is 0 Å². The van der Waals surface area contributed by atoms with Gasteiger partial charge in [-0.1, -0.05) is 36.4 Å². The predicted octanol–water partition coefficient (Wildman–Crippen LogP) is 3.88. The Hall–Kier alpha value is -2.53. The van der Waals surface area contributed by atoms with Crippen LogP contribution in [0.15, 0.2) is 48.5 Å². The molecule has 1 saturated heterocycles. The second-order valence-electron chi connectivity index (χ2n) is 6.59. The van der Waals surface area contributed by atoms with E-state index < -0.39 is 12.0 Å². The molecule has 0 amide bonds. The van der Waals surface area contributed by atoms with Crippen LogP contribution >= 0.6 is 0 Å². The quantitative estimate of drug-likeness (QED) is 0.817. The molecule has 0 radical (unpaired) electrons. The minimum absolute atomic E-state index is 0.00988. The molecule has 1 fully saturated rings. The van der Waals surface area contributed by atoms with Crippen molar-refractivity contribution < 1.29 is 19.4 Å². The molecule has 0 saturated carbocycles. The molecule has 1 N–H and O–H groups in total. The van der Waals surface area contributed by atoms with E-state index >= 15 is 0 Å². The topological polar surface area (TPSA) is 59.0 Å². The Morgan fingerprint density at radius 3 is 2.69 bits per heavy atom. The van der Waals surface area contributed by atoms with Crippen LogP contribution in [0.25, 0.3) is 0 Å². The highest BCUT2D eigenvalue weighted by Gasteiger charge is 2.34. The number of benzene rings is 2. The molecule has 2 aromatic carbocycles. The Morgan fingerprint density at radius 2 is 2.00 bits per heavy atom. The fraction of sp³-hybridized carbons (Fsp3) is 0.381. The third-order valence-corrected chi connectivity index (χ3v) is 4.98. The Morgan fingerprint density at radius 1 is 1.23 bits per heavy atom. The Kier molecular flexibility index (Phi) is 5.78. The lowest BCUT2D eigenvalue weighted by Crippen LogP contribution is -2.37. The van der Waals surface area contributed by atoms with Crippen molar-refractivity contribution in [2.24, 2.45) is 0 Å². The maximum Gasteiger partial charge on any atom is 0.320 e. The fourth-order valence-electron chi connectivity index (χ4n) is 3.51. The molecule has 1 aliphatic rings. The number of likely N-dealkylation sites (tertiary alicyclic amines) is 1. The van der Waals surface area contributed by atoms with Crippen molar-refractivity contribution in [3.05, 3.63) is 59.7 Å². The maximum atomic E-state index is 11.5. The molecule has 0 aliphatic carbocycles. The van der Waals surface area contributed by atoms with Gasteiger partial charge in [-0.3, -0.25) is 9.69 Å². The van der Waals surface area contributed by atoms with Crippen LogP contribution in [0.3, 0.4) is 0 Å². The van der Waals surface area contributed by atoms with Gasteiger partial charge in [-0.2, -0.15) is 0 Å². The molecule has 0 aromatic heterocycles. The predicted molar refractivity (Wildman–Crippen MR) is 99.5 cm³/mol. The molecule has 1 heterocycles. The first-order valence-corrected chi connectivity index (χ1v) is 8.93. The van der Waals surface area contributed by atoms with Crippen LogP contribution in [0.5, 0.6) is 11.5 Å². The first-order valence-electron chi connectivity index (χ1n) is 8.93. The van der Waals surface area contributed by atoms with Gasteiger partial charge in [-0.25, -0.2) is 0 Å². The second-order valence-corrected chi connectivity index (χ2v) is 6.59. The largest absolute Gasteiger partial charge is 0.493 e. The van der Waals surface area contributed by atoms with Crippen molar-refractivity contribution in [1.82, 2.24) is 4.90 Å². The lowest BCUT2D eigenvalue weighted by molar-refractivity contribution is -0.142. The second kappa shape index (κ2) is 8.23. The van der Waals surface area contributed by atoms with E-state index in [1.54, 1.807) is 7.11 Å². The minimum atomic E-state index is -0.746. The highest BCUT2D eigenvalue weighted by molar-refractivity contribution is 5.73. The van der Waals surface area contributed by atoms with Gasteiger partial charge in [-0.15, -0.1) is 0 Å². The molecular weight excluding hydrogens is 330 g/mol. The number of carboxylic acid groups (broad SMARTS) is 1. The summed E-state index contributed by atoms with van der Waals surface area (Å²) in [7, 11) is 1.62. The fourth-order valence-corrected chi connectivity index (χ4v) is 3.51. The summed E-state index contributed by atoms with van der Waals surface area (Å²) in [5.74, 6) is 0.601. The van der Waals surface area contributed by atoms with Gasteiger partial charge in [-0.05, 0) is 49.6 Å². The number of carbonyl (C=O) groups is 1. The van der Waals surface area contributed by atoms with Crippen molar-refractivity contribution in [2.45, 2.75) is 38.5 Å². The Labute approximate surface area is 154 Å². The number of nitrogens with zero attached hydrogens (tertiary/aromatic N) is 1. The third kappa shape index (κ3) is 3.99. The lowest BCUT2D eigenvalue weighted by atomic mass is 10.0. The summed E-state index contributed by atoms with van der Waals surface area (Å²) in [6.45, 7) is 3.31. The summed E-state index contributed by atoms with van der Waals surface area (Å²) in [5, 5.41) is 9.42. The normalized spacial score (nSPS) is 18.5. The number of rotatable bonds is 7. The van der Waals surface area contributed by atoms with E-state index in [0.717, 1.165) is 24.1 Å². The molecule has 2 aromatic rings. The average Bonchev–Trinajstić information content (AvgIpc) is 3.16. The minimum Gasteiger partial charge on any atom is -0.493 e. The van der Waals surface area contributed by atoms with Gasteiger partial charge in [0.05, 0.1) is 7.11 Å². The van der Waals surface area contributed by atoms with Crippen molar-refractivity contribution in [2.75, 3.05) is 13.7 Å². The zero-order valence-corrected chi connectivity index (χ0v) is 15.2. The Balaban J connectivity index is 1.74. The number of hydrogen-bond donors (Lipinski definition) is 1. The smallest absolute Gasteiger partial charge is 0.320 e. The van der Waals surface area contributed by atoms with Crippen molar-refractivity contribution in [3.63, 3.8) is 0 Å². The molecule has 2 atom stereocenters. The van der Waals surface area contributed by atoms with Crippen LogP contribution in [0.4, 0.5) is 0 Å². The molecule has 5 heteroatoms. The van der Waals surface area contributed by atoms with Crippen LogP contribution < -0.4 is 9.47 Å². The molecule has 5 nitrogen and oxygen atoms in total. The average molecular weight is 355 g/mol. The van der Waals surface area contributed by atoms with E-state index in [2.05, 4.69) is 0 Å². The number of hydrogen-bond acceptors (Lipinski definition) is 4. The summed E-state index contributed by atoms with van der Waals surface area (Å²) < 4.78 is 11.4. The van der Waals surface area contributed by atoms with Crippen LogP contribution in [0, 0.1) is 0 Å². The van der Waals surface area contributed by atoms with Gasteiger partial charge < -0.3 is 14.6 Å². The van der Waals surface area contributed by atoms with Crippen molar-refractivity contribution in [3.8, 4) is 11.5 Å². The van der Waals surface area contributed by atoms with E-state index in [9.17, 15) is 9.90 Å². The van der Waals surface area contributed by atoms with Crippen molar-refractivity contribution >= 4 is 5.97 Å². The SMILES string of the molecule is COc1cc(C(C)N2CCCC2C(=O)O)ccc1OCc1ccccc1. The van der Waals surface area contributed by atoms with E-state index in [1.165, 1.54) is 0 Å². The number of aliphatic carboxylic acids is 1. The molecule has 0 spiro atoms. The van der Waals surface area contributed by atoms with Crippen molar-refractivity contribution in [1.29, 1.82) is 0 Å². The maximum absolute atomic E-state index is 11.5. The van der Waals surface area contributed by atoms with E-state index in [1.807, 2.05) is 60.4 Å². The molecule has 1 aliphatic heterocycles. The van der Waals surface area contributed by atoms with E-state index in [0.29, 0.717) is 24.5 Å². The van der Waals surface area contributed by atoms with Crippen LogP contribution in [-0.4, -0.2) is 35.7 Å². The molecule has 138 valence electrons.